The van der Waals surface area contributed by atoms with Gasteiger partial charge in [-0.05, 0) is 43.4 Å². The fraction of sp³-hybridized carbons (Fsp3) is 0.520. The minimum atomic E-state index is 0.421. The van der Waals surface area contributed by atoms with Gasteiger partial charge in [0.1, 0.15) is 5.49 Å². The Kier molecular flexibility index (Phi) is 7.17. The van der Waals surface area contributed by atoms with E-state index in [1.165, 1.54) is 69.8 Å². The van der Waals surface area contributed by atoms with Crippen LogP contribution < -0.4 is 10.8 Å². The zero-order valence-corrected chi connectivity index (χ0v) is 17.5. The number of aromatic nitrogens is 1. The first-order valence-electron chi connectivity index (χ1n) is 11.5. The molecule has 2 aliphatic carbocycles. The summed E-state index contributed by atoms with van der Waals surface area (Å²) in [5.41, 5.74) is 2.25. The summed E-state index contributed by atoms with van der Waals surface area (Å²) >= 11 is 0. The molecule has 2 saturated carbocycles. The lowest BCUT2D eigenvalue weighted by Crippen LogP contribution is -2.38. The topological polar surface area (TPSA) is 41.7 Å². The van der Waals surface area contributed by atoms with Crippen LogP contribution in [0, 0.1) is 0 Å². The van der Waals surface area contributed by atoms with Crippen molar-refractivity contribution < 1.29 is 0 Å². The Bertz CT molecular complexity index is 840. The third-order valence-corrected chi connectivity index (χ3v) is 6.15. The van der Waals surface area contributed by atoms with E-state index in [4.69, 9.17) is 9.98 Å². The van der Waals surface area contributed by atoms with E-state index in [-0.39, 0.29) is 0 Å². The number of nitrogens with zero attached hydrogens (tertiary/aromatic N) is 3. The van der Waals surface area contributed by atoms with E-state index in [9.17, 15) is 0 Å². The minimum Gasteiger partial charge on any atom is -0.352 e. The molecule has 2 aliphatic rings. The van der Waals surface area contributed by atoms with Crippen LogP contribution >= 0.6 is 0 Å². The zero-order chi connectivity index (χ0) is 19.7. The van der Waals surface area contributed by atoms with Crippen molar-refractivity contribution in [1.29, 1.82) is 0 Å². The molecule has 2 fully saturated rings. The van der Waals surface area contributed by atoms with E-state index >= 15 is 0 Å². The molecule has 4 heteroatoms. The third-order valence-electron chi connectivity index (χ3n) is 6.15. The molecule has 0 unspecified atom stereocenters. The van der Waals surface area contributed by atoms with Gasteiger partial charge >= 0.3 is 0 Å². The molecule has 0 radical (unpaired) electrons. The standard InChI is InChI=1S/C25H34N4/c1-4-12-21(13-5-1)20-29-19-11-10-18-24(29)28-25(26-22-14-6-2-7-15-22)27-23-16-8-3-9-17-23/h1,4-5,10-13,18-19,22-23H,2-3,6-9,14-17,20H2,(H,26,27). The fourth-order valence-corrected chi connectivity index (χ4v) is 4.50. The number of rotatable bonds is 4. The van der Waals surface area contributed by atoms with Crippen LogP contribution in [0.4, 0.5) is 0 Å². The monoisotopic (exact) mass is 390 g/mol. The Labute approximate surface area is 174 Å². The molecule has 0 atom stereocenters. The Morgan fingerprint density at radius 2 is 1.52 bits per heavy atom. The summed E-state index contributed by atoms with van der Waals surface area (Å²) in [6.45, 7) is 0.820. The molecule has 2 aromatic rings. The second kappa shape index (κ2) is 10.4. The van der Waals surface area contributed by atoms with Gasteiger partial charge in [0, 0.05) is 18.8 Å². The predicted octanol–water partition coefficient (Wildman–Crippen LogP) is 5.05. The van der Waals surface area contributed by atoms with E-state index in [2.05, 4.69) is 64.6 Å². The number of aliphatic imine (C=N–C) groups is 1. The number of hydrogen-bond acceptors (Lipinski definition) is 1. The van der Waals surface area contributed by atoms with Gasteiger partial charge in [0.2, 0.25) is 5.96 Å². The van der Waals surface area contributed by atoms with Gasteiger partial charge < -0.3 is 9.88 Å². The molecule has 0 bridgehead atoms. The highest BCUT2D eigenvalue weighted by Gasteiger charge is 2.17. The molecule has 1 aromatic heterocycles. The van der Waals surface area contributed by atoms with Crippen LogP contribution in [0.3, 0.4) is 0 Å². The minimum absolute atomic E-state index is 0.421. The van der Waals surface area contributed by atoms with Crippen LogP contribution in [0.25, 0.3) is 0 Å². The average Bonchev–Trinajstić information content (AvgIpc) is 2.77. The summed E-state index contributed by atoms with van der Waals surface area (Å²) in [6, 6.07) is 17.8. The molecule has 0 saturated heterocycles. The molecule has 154 valence electrons. The van der Waals surface area contributed by atoms with Crippen LogP contribution in [0.2, 0.25) is 0 Å². The van der Waals surface area contributed by atoms with E-state index in [0.717, 1.165) is 18.0 Å². The van der Waals surface area contributed by atoms with Gasteiger partial charge in [-0.1, -0.05) is 74.9 Å². The van der Waals surface area contributed by atoms with E-state index in [1.54, 1.807) is 0 Å². The highest BCUT2D eigenvalue weighted by Crippen LogP contribution is 2.21. The highest BCUT2D eigenvalue weighted by molar-refractivity contribution is 5.81. The van der Waals surface area contributed by atoms with Crippen LogP contribution in [-0.2, 0) is 6.54 Å². The molecule has 0 spiro atoms. The molecular formula is C25H34N4. The number of benzene rings is 1. The fourth-order valence-electron chi connectivity index (χ4n) is 4.50. The van der Waals surface area contributed by atoms with Crippen LogP contribution in [0.15, 0.2) is 64.7 Å². The van der Waals surface area contributed by atoms with Gasteiger partial charge in [0.15, 0.2) is 0 Å². The number of nitrogens with one attached hydrogen (secondary N) is 1. The van der Waals surface area contributed by atoms with Crippen LogP contribution in [0.5, 0.6) is 0 Å². The quantitative estimate of drug-likeness (QED) is 0.576. The van der Waals surface area contributed by atoms with Crippen molar-refractivity contribution in [2.24, 2.45) is 9.98 Å². The second-order valence-electron chi connectivity index (χ2n) is 8.51. The molecule has 0 amide bonds. The Hall–Kier alpha value is -2.36. The lowest BCUT2D eigenvalue weighted by molar-refractivity contribution is 0.407. The summed E-state index contributed by atoms with van der Waals surface area (Å²) < 4.78 is 2.22. The van der Waals surface area contributed by atoms with Crippen LogP contribution in [-0.4, -0.2) is 22.6 Å². The maximum Gasteiger partial charge on any atom is 0.220 e. The summed E-state index contributed by atoms with van der Waals surface area (Å²) in [4.78, 5) is 10.1. The van der Waals surface area contributed by atoms with Gasteiger partial charge in [0.05, 0.1) is 6.04 Å². The highest BCUT2D eigenvalue weighted by atomic mass is 15.2. The number of pyridine rings is 1. The number of hydrogen-bond donors (Lipinski definition) is 1. The van der Waals surface area contributed by atoms with E-state index in [0.29, 0.717) is 12.1 Å². The lowest BCUT2D eigenvalue weighted by Gasteiger charge is -2.25. The van der Waals surface area contributed by atoms with Crippen molar-refractivity contribution in [3.63, 3.8) is 0 Å². The van der Waals surface area contributed by atoms with E-state index < -0.39 is 0 Å². The van der Waals surface area contributed by atoms with Crippen molar-refractivity contribution in [2.75, 3.05) is 0 Å². The molecular weight excluding hydrogens is 356 g/mol. The molecule has 1 heterocycles. The SMILES string of the molecule is c1ccc(Cn2ccccc2=NC(=NC2CCCCC2)NC2CCCCC2)cc1. The summed E-state index contributed by atoms with van der Waals surface area (Å²) in [7, 11) is 0. The predicted molar refractivity (Wildman–Crippen MR) is 120 cm³/mol. The van der Waals surface area contributed by atoms with Gasteiger partial charge in [0.25, 0.3) is 0 Å². The maximum atomic E-state index is 5.10. The van der Waals surface area contributed by atoms with Gasteiger partial charge in [-0.25, -0.2) is 4.99 Å². The Morgan fingerprint density at radius 1 is 0.828 bits per heavy atom. The molecule has 4 rings (SSSR count). The Morgan fingerprint density at radius 3 is 2.28 bits per heavy atom. The van der Waals surface area contributed by atoms with Crippen molar-refractivity contribution >= 4 is 5.96 Å². The first-order valence-corrected chi connectivity index (χ1v) is 11.5. The van der Waals surface area contributed by atoms with E-state index in [1.807, 2.05) is 0 Å². The van der Waals surface area contributed by atoms with Crippen molar-refractivity contribution in [3.05, 3.63) is 65.8 Å². The largest absolute Gasteiger partial charge is 0.352 e. The van der Waals surface area contributed by atoms with Crippen molar-refractivity contribution in [3.8, 4) is 0 Å². The van der Waals surface area contributed by atoms with Crippen LogP contribution in [0.1, 0.15) is 69.8 Å². The average molecular weight is 391 g/mol. The molecule has 1 N–H and O–H groups in total. The summed E-state index contributed by atoms with van der Waals surface area (Å²) in [6.07, 6.45) is 14.9. The molecule has 1 aromatic carbocycles. The number of guanidine groups is 1. The van der Waals surface area contributed by atoms with Crippen molar-refractivity contribution in [1.82, 2.24) is 9.88 Å². The first-order chi connectivity index (χ1) is 14.4. The second-order valence-corrected chi connectivity index (χ2v) is 8.51. The first kappa shape index (κ1) is 19.9. The maximum absolute atomic E-state index is 5.10. The lowest BCUT2D eigenvalue weighted by atomic mass is 9.95. The summed E-state index contributed by atoms with van der Waals surface area (Å²) in [5.74, 6) is 0.844. The van der Waals surface area contributed by atoms with Gasteiger partial charge in [-0.3, -0.25) is 0 Å². The molecule has 0 aliphatic heterocycles. The normalized spacial score (nSPS) is 20.0. The third kappa shape index (κ3) is 6.06. The van der Waals surface area contributed by atoms with Gasteiger partial charge in [-0.2, -0.15) is 4.99 Å². The molecule has 4 nitrogen and oxygen atoms in total. The Balaban J connectivity index is 1.61. The zero-order valence-electron chi connectivity index (χ0n) is 17.5. The van der Waals surface area contributed by atoms with Crippen molar-refractivity contribution in [2.45, 2.75) is 82.8 Å². The van der Waals surface area contributed by atoms with Gasteiger partial charge in [-0.15, -0.1) is 0 Å². The molecule has 29 heavy (non-hydrogen) atoms. The smallest absolute Gasteiger partial charge is 0.220 e. The summed E-state index contributed by atoms with van der Waals surface area (Å²) in [5, 5.41) is 3.71.